The maximum absolute atomic E-state index is 11.6. The van der Waals surface area contributed by atoms with E-state index in [1.165, 1.54) is 0 Å². The lowest BCUT2D eigenvalue weighted by Crippen LogP contribution is -2.14. The average Bonchev–Trinajstić information content (AvgIpc) is 2.45. The Morgan fingerprint density at radius 1 is 1.10 bits per heavy atom. The summed E-state index contributed by atoms with van der Waals surface area (Å²) < 4.78 is 10.1. The van der Waals surface area contributed by atoms with E-state index in [1.807, 2.05) is 6.92 Å². The van der Waals surface area contributed by atoms with E-state index in [4.69, 9.17) is 9.47 Å². The summed E-state index contributed by atoms with van der Waals surface area (Å²) in [6.45, 7) is 5.20. The predicted octanol–water partition coefficient (Wildman–Crippen LogP) is 2.62. The first-order valence-corrected chi connectivity index (χ1v) is 6.82. The van der Waals surface area contributed by atoms with E-state index in [0.717, 1.165) is 6.42 Å². The molecule has 0 spiro atoms. The number of nitrogens with one attached hydrogen (secondary N) is 1. The van der Waals surface area contributed by atoms with Crippen LogP contribution in [0.15, 0.2) is 24.3 Å². The minimum atomic E-state index is -0.363. The van der Waals surface area contributed by atoms with Gasteiger partial charge in [-0.3, -0.25) is 4.79 Å². The molecule has 1 aromatic carbocycles. The van der Waals surface area contributed by atoms with E-state index in [-0.39, 0.29) is 11.9 Å². The molecule has 0 aromatic heterocycles. The van der Waals surface area contributed by atoms with Crippen LogP contribution < -0.4 is 5.32 Å². The molecular weight excluding hydrogens is 258 g/mol. The van der Waals surface area contributed by atoms with Gasteiger partial charge in [-0.25, -0.2) is 4.79 Å². The van der Waals surface area contributed by atoms with Crippen LogP contribution in [-0.2, 0) is 14.3 Å². The minimum absolute atomic E-state index is 0.106. The number of carbonyl (C=O) groups is 2. The van der Waals surface area contributed by atoms with Gasteiger partial charge in [-0.2, -0.15) is 0 Å². The quantitative estimate of drug-likeness (QED) is 0.587. The SMILES string of the molecule is CCCOCCC(=O)Nc1ccc(C(=O)OCC)cc1. The first-order chi connectivity index (χ1) is 9.67. The Hall–Kier alpha value is -1.88. The number of hydrogen-bond acceptors (Lipinski definition) is 4. The number of rotatable bonds is 8. The number of ether oxygens (including phenoxy) is 2. The topological polar surface area (TPSA) is 64.6 Å². The summed E-state index contributed by atoms with van der Waals surface area (Å²) in [5.41, 5.74) is 1.12. The third kappa shape index (κ3) is 5.84. The van der Waals surface area contributed by atoms with Crippen LogP contribution in [0.5, 0.6) is 0 Å². The lowest BCUT2D eigenvalue weighted by molar-refractivity contribution is -0.117. The molecule has 0 heterocycles. The number of carbonyl (C=O) groups excluding carboxylic acids is 2. The van der Waals surface area contributed by atoms with Crippen LogP contribution in [0.25, 0.3) is 0 Å². The fourth-order valence-electron chi connectivity index (χ4n) is 1.54. The molecular formula is C15H21NO4. The number of hydrogen-bond donors (Lipinski definition) is 1. The zero-order valence-electron chi connectivity index (χ0n) is 12.0. The van der Waals surface area contributed by atoms with Crippen LogP contribution in [0.2, 0.25) is 0 Å². The Bertz CT molecular complexity index is 428. The maximum atomic E-state index is 11.6. The molecule has 0 aliphatic carbocycles. The molecule has 0 atom stereocenters. The zero-order valence-corrected chi connectivity index (χ0v) is 12.0. The van der Waals surface area contributed by atoms with Crippen molar-refractivity contribution in [1.82, 2.24) is 0 Å². The molecule has 0 saturated heterocycles. The van der Waals surface area contributed by atoms with Gasteiger partial charge in [0.05, 0.1) is 25.2 Å². The van der Waals surface area contributed by atoms with Crippen molar-refractivity contribution in [1.29, 1.82) is 0 Å². The smallest absolute Gasteiger partial charge is 0.338 e. The second-order valence-electron chi connectivity index (χ2n) is 4.21. The molecule has 110 valence electrons. The van der Waals surface area contributed by atoms with E-state index in [1.54, 1.807) is 31.2 Å². The predicted molar refractivity (Wildman–Crippen MR) is 76.8 cm³/mol. The highest BCUT2D eigenvalue weighted by molar-refractivity contribution is 5.93. The second kappa shape index (κ2) is 9.09. The molecule has 0 bridgehead atoms. The molecule has 1 N–H and O–H groups in total. The Morgan fingerprint density at radius 2 is 1.80 bits per heavy atom. The fraction of sp³-hybridized carbons (Fsp3) is 0.467. The van der Waals surface area contributed by atoms with Crippen LogP contribution in [0.3, 0.4) is 0 Å². The lowest BCUT2D eigenvalue weighted by Gasteiger charge is -2.07. The van der Waals surface area contributed by atoms with Gasteiger partial charge in [-0.1, -0.05) is 6.92 Å². The van der Waals surface area contributed by atoms with Gasteiger partial charge >= 0.3 is 5.97 Å². The van der Waals surface area contributed by atoms with E-state index < -0.39 is 0 Å². The summed E-state index contributed by atoms with van der Waals surface area (Å²) >= 11 is 0. The normalized spacial score (nSPS) is 10.1. The summed E-state index contributed by atoms with van der Waals surface area (Å²) in [6, 6.07) is 6.61. The van der Waals surface area contributed by atoms with Gasteiger partial charge in [-0.05, 0) is 37.6 Å². The van der Waals surface area contributed by atoms with Crippen molar-refractivity contribution in [3.05, 3.63) is 29.8 Å². The molecule has 5 heteroatoms. The molecule has 1 amide bonds. The Labute approximate surface area is 119 Å². The zero-order chi connectivity index (χ0) is 14.8. The Morgan fingerprint density at radius 3 is 2.40 bits per heavy atom. The summed E-state index contributed by atoms with van der Waals surface area (Å²) in [5.74, 6) is -0.469. The monoisotopic (exact) mass is 279 g/mol. The molecule has 0 aliphatic rings. The van der Waals surface area contributed by atoms with Crippen LogP contribution in [-0.4, -0.2) is 31.7 Å². The van der Waals surface area contributed by atoms with Crippen LogP contribution in [0.4, 0.5) is 5.69 Å². The number of anilines is 1. The van der Waals surface area contributed by atoms with Gasteiger partial charge in [0, 0.05) is 12.3 Å². The molecule has 1 aromatic rings. The molecule has 5 nitrogen and oxygen atoms in total. The standard InChI is InChI=1S/C15H21NO4/c1-3-10-19-11-9-14(17)16-13-7-5-12(6-8-13)15(18)20-4-2/h5-8H,3-4,9-11H2,1-2H3,(H,16,17). The van der Waals surface area contributed by atoms with Crippen molar-refractivity contribution in [2.24, 2.45) is 0 Å². The van der Waals surface area contributed by atoms with Gasteiger partial charge in [0.2, 0.25) is 5.91 Å². The van der Waals surface area contributed by atoms with Gasteiger partial charge in [0.25, 0.3) is 0 Å². The highest BCUT2D eigenvalue weighted by Gasteiger charge is 2.07. The van der Waals surface area contributed by atoms with Crippen LogP contribution >= 0.6 is 0 Å². The minimum Gasteiger partial charge on any atom is -0.462 e. The van der Waals surface area contributed by atoms with Crippen molar-refractivity contribution in [3.63, 3.8) is 0 Å². The van der Waals surface area contributed by atoms with Crippen LogP contribution in [0.1, 0.15) is 37.0 Å². The van der Waals surface area contributed by atoms with Gasteiger partial charge in [0.15, 0.2) is 0 Å². The van der Waals surface area contributed by atoms with Crippen molar-refractivity contribution < 1.29 is 19.1 Å². The fourth-order valence-corrected chi connectivity index (χ4v) is 1.54. The Balaban J connectivity index is 2.41. The van der Waals surface area contributed by atoms with Gasteiger partial charge in [0.1, 0.15) is 0 Å². The summed E-state index contributed by atoms with van der Waals surface area (Å²) in [4.78, 5) is 23.1. The maximum Gasteiger partial charge on any atom is 0.338 e. The molecule has 0 unspecified atom stereocenters. The molecule has 20 heavy (non-hydrogen) atoms. The van der Waals surface area contributed by atoms with E-state index >= 15 is 0 Å². The van der Waals surface area contributed by atoms with Crippen LogP contribution in [0, 0.1) is 0 Å². The van der Waals surface area contributed by atoms with Crippen molar-refractivity contribution in [2.75, 3.05) is 25.1 Å². The highest BCUT2D eigenvalue weighted by Crippen LogP contribution is 2.11. The molecule has 0 fully saturated rings. The van der Waals surface area contributed by atoms with Crippen molar-refractivity contribution in [3.8, 4) is 0 Å². The highest BCUT2D eigenvalue weighted by atomic mass is 16.5. The molecule has 0 aliphatic heterocycles. The molecule has 1 rings (SSSR count). The average molecular weight is 279 g/mol. The second-order valence-corrected chi connectivity index (χ2v) is 4.21. The summed E-state index contributed by atoms with van der Waals surface area (Å²) in [7, 11) is 0. The van der Waals surface area contributed by atoms with E-state index in [2.05, 4.69) is 5.32 Å². The first kappa shape index (κ1) is 16.2. The molecule has 0 saturated carbocycles. The van der Waals surface area contributed by atoms with Crippen molar-refractivity contribution >= 4 is 17.6 Å². The van der Waals surface area contributed by atoms with E-state index in [9.17, 15) is 9.59 Å². The molecule has 0 radical (unpaired) electrons. The number of benzene rings is 1. The Kier molecular flexibility index (Phi) is 7.35. The van der Waals surface area contributed by atoms with Gasteiger partial charge < -0.3 is 14.8 Å². The number of amides is 1. The van der Waals surface area contributed by atoms with Crippen molar-refractivity contribution in [2.45, 2.75) is 26.7 Å². The summed E-state index contributed by atoms with van der Waals surface area (Å²) in [6.07, 6.45) is 1.26. The van der Waals surface area contributed by atoms with E-state index in [0.29, 0.717) is 37.5 Å². The first-order valence-electron chi connectivity index (χ1n) is 6.82. The van der Waals surface area contributed by atoms with Gasteiger partial charge in [-0.15, -0.1) is 0 Å². The number of esters is 1. The summed E-state index contributed by atoms with van der Waals surface area (Å²) in [5, 5.41) is 2.75. The third-order valence-corrected chi connectivity index (χ3v) is 2.50. The largest absolute Gasteiger partial charge is 0.462 e. The lowest BCUT2D eigenvalue weighted by atomic mass is 10.2. The third-order valence-electron chi connectivity index (χ3n) is 2.50.